The van der Waals surface area contributed by atoms with Crippen LogP contribution >= 0.6 is 11.8 Å². The molecule has 0 bridgehead atoms. The molecule has 30 heavy (non-hydrogen) atoms. The van der Waals surface area contributed by atoms with Crippen LogP contribution < -0.4 is 4.74 Å². The van der Waals surface area contributed by atoms with Crippen molar-refractivity contribution in [3.05, 3.63) is 95.5 Å². The van der Waals surface area contributed by atoms with E-state index in [2.05, 4.69) is 10.2 Å². The molecule has 0 radical (unpaired) electrons. The summed E-state index contributed by atoms with van der Waals surface area (Å²) in [6.45, 7) is 0.822. The fourth-order valence-corrected chi connectivity index (χ4v) is 4.22. The molecular formula is C22H18FN3O3S. The first kappa shape index (κ1) is 18.9. The van der Waals surface area contributed by atoms with Gasteiger partial charge in [0.15, 0.2) is 5.16 Å². The quantitative estimate of drug-likeness (QED) is 0.409. The van der Waals surface area contributed by atoms with E-state index in [1.165, 1.54) is 23.9 Å². The fourth-order valence-electron chi connectivity index (χ4n) is 3.34. The van der Waals surface area contributed by atoms with Crippen molar-refractivity contribution in [2.24, 2.45) is 0 Å². The summed E-state index contributed by atoms with van der Waals surface area (Å²) >= 11 is 1.47. The van der Waals surface area contributed by atoms with Crippen molar-refractivity contribution in [1.82, 2.24) is 14.8 Å². The third kappa shape index (κ3) is 3.96. The number of benzene rings is 2. The Morgan fingerprint density at radius 2 is 2.03 bits per heavy atom. The van der Waals surface area contributed by atoms with Crippen molar-refractivity contribution < 1.29 is 18.3 Å². The van der Waals surface area contributed by atoms with Crippen LogP contribution in [-0.4, -0.2) is 14.8 Å². The van der Waals surface area contributed by atoms with E-state index in [4.69, 9.17) is 13.9 Å². The maximum Gasteiger partial charge on any atom is 0.227 e. The predicted octanol–water partition coefficient (Wildman–Crippen LogP) is 4.96. The lowest BCUT2D eigenvalue weighted by molar-refractivity contribution is -0.112. The SMILES string of the molecule is Fc1cc2c(c(CSc3nncn3Cc3ccco3)c1)OC(c1ccccc1)OC2. The summed E-state index contributed by atoms with van der Waals surface area (Å²) in [5, 5.41) is 8.90. The van der Waals surface area contributed by atoms with Gasteiger partial charge in [-0.1, -0.05) is 42.1 Å². The number of nitrogens with zero attached hydrogens (tertiary/aromatic N) is 3. The second-order valence-corrected chi connectivity index (χ2v) is 7.78. The zero-order chi connectivity index (χ0) is 20.3. The zero-order valence-corrected chi connectivity index (χ0v) is 16.7. The molecule has 5 rings (SSSR count). The van der Waals surface area contributed by atoms with Gasteiger partial charge in [0.05, 0.1) is 19.4 Å². The molecule has 2 aromatic carbocycles. The molecule has 0 saturated carbocycles. The summed E-state index contributed by atoms with van der Waals surface area (Å²) < 4.78 is 33.4. The van der Waals surface area contributed by atoms with Gasteiger partial charge in [-0.25, -0.2) is 4.39 Å². The molecule has 0 amide bonds. The Labute approximate surface area is 176 Å². The van der Waals surface area contributed by atoms with Crippen molar-refractivity contribution in [1.29, 1.82) is 0 Å². The minimum absolute atomic E-state index is 0.291. The van der Waals surface area contributed by atoms with Crippen LogP contribution in [0.1, 0.15) is 28.7 Å². The minimum Gasteiger partial charge on any atom is -0.467 e. The number of hydrogen-bond donors (Lipinski definition) is 0. The van der Waals surface area contributed by atoms with Crippen LogP contribution in [0.3, 0.4) is 0 Å². The molecule has 0 spiro atoms. The summed E-state index contributed by atoms with van der Waals surface area (Å²) in [4.78, 5) is 0. The first-order chi connectivity index (χ1) is 14.8. The highest BCUT2D eigenvalue weighted by molar-refractivity contribution is 7.98. The van der Waals surface area contributed by atoms with Gasteiger partial charge < -0.3 is 18.5 Å². The number of halogens is 1. The van der Waals surface area contributed by atoms with Crippen molar-refractivity contribution in [3.63, 3.8) is 0 Å². The van der Waals surface area contributed by atoms with E-state index in [1.54, 1.807) is 12.6 Å². The minimum atomic E-state index is -0.518. The molecular weight excluding hydrogens is 405 g/mol. The van der Waals surface area contributed by atoms with Crippen LogP contribution in [0, 0.1) is 5.82 Å². The third-order valence-corrected chi connectivity index (χ3v) is 5.77. The zero-order valence-electron chi connectivity index (χ0n) is 15.9. The second-order valence-electron chi connectivity index (χ2n) is 6.83. The van der Waals surface area contributed by atoms with Crippen molar-refractivity contribution in [2.75, 3.05) is 0 Å². The van der Waals surface area contributed by atoms with Gasteiger partial charge in [0.25, 0.3) is 0 Å². The number of thioether (sulfide) groups is 1. The third-order valence-electron chi connectivity index (χ3n) is 4.74. The summed E-state index contributed by atoms with van der Waals surface area (Å²) in [6, 6.07) is 16.4. The lowest BCUT2D eigenvalue weighted by Gasteiger charge is -2.28. The van der Waals surface area contributed by atoms with E-state index in [1.807, 2.05) is 47.0 Å². The Morgan fingerprint density at radius 1 is 1.13 bits per heavy atom. The van der Waals surface area contributed by atoms with Gasteiger partial charge in [-0.2, -0.15) is 0 Å². The molecule has 1 aliphatic heterocycles. The van der Waals surface area contributed by atoms with Crippen molar-refractivity contribution in [3.8, 4) is 5.75 Å². The van der Waals surface area contributed by atoms with Crippen LogP contribution in [0.25, 0.3) is 0 Å². The van der Waals surface area contributed by atoms with Gasteiger partial charge >= 0.3 is 0 Å². The maximum absolute atomic E-state index is 14.2. The Balaban J connectivity index is 1.36. The highest BCUT2D eigenvalue weighted by atomic mass is 32.2. The molecule has 4 aromatic rings. The first-order valence-corrected chi connectivity index (χ1v) is 10.4. The predicted molar refractivity (Wildman–Crippen MR) is 108 cm³/mol. The van der Waals surface area contributed by atoms with Gasteiger partial charge in [-0.05, 0) is 24.3 Å². The molecule has 8 heteroatoms. The molecule has 1 atom stereocenters. The molecule has 1 unspecified atom stereocenters. The number of rotatable bonds is 6. The van der Waals surface area contributed by atoms with Gasteiger partial charge in [0.2, 0.25) is 6.29 Å². The monoisotopic (exact) mass is 423 g/mol. The van der Waals surface area contributed by atoms with E-state index in [9.17, 15) is 4.39 Å². The van der Waals surface area contributed by atoms with E-state index in [0.29, 0.717) is 30.2 Å². The van der Waals surface area contributed by atoms with E-state index in [-0.39, 0.29) is 5.82 Å². The molecule has 2 aromatic heterocycles. The van der Waals surface area contributed by atoms with Crippen LogP contribution in [0.15, 0.2) is 76.8 Å². The largest absolute Gasteiger partial charge is 0.467 e. The van der Waals surface area contributed by atoms with E-state index >= 15 is 0 Å². The lowest BCUT2D eigenvalue weighted by atomic mass is 10.1. The van der Waals surface area contributed by atoms with Crippen LogP contribution in [0.4, 0.5) is 4.39 Å². The summed E-state index contributed by atoms with van der Waals surface area (Å²) in [6.07, 6.45) is 2.77. The average molecular weight is 423 g/mol. The van der Waals surface area contributed by atoms with Crippen LogP contribution in [0.5, 0.6) is 5.75 Å². The Bertz CT molecular complexity index is 1130. The van der Waals surface area contributed by atoms with E-state index < -0.39 is 6.29 Å². The first-order valence-electron chi connectivity index (χ1n) is 9.44. The molecule has 0 aliphatic carbocycles. The van der Waals surface area contributed by atoms with Crippen LogP contribution in [-0.2, 0) is 23.6 Å². The van der Waals surface area contributed by atoms with Gasteiger partial charge in [-0.15, -0.1) is 10.2 Å². The van der Waals surface area contributed by atoms with E-state index in [0.717, 1.165) is 22.0 Å². The molecule has 0 N–H and O–H groups in total. The van der Waals surface area contributed by atoms with Crippen molar-refractivity contribution in [2.45, 2.75) is 30.4 Å². The molecule has 1 aliphatic rings. The summed E-state index contributed by atoms with van der Waals surface area (Å²) in [5.74, 6) is 1.65. The van der Waals surface area contributed by atoms with Gasteiger partial charge in [0.1, 0.15) is 23.7 Å². The van der Waals surface area contributed by atoms with Gasteiger partial charge in [-0.3, -0.25) is 0 Å². The van der Waals surface area contributed by atoms with Crippen molar-refractivity contribution >= 4 is 11.8 Å². The summed E-state index contributed by atoms with van der Waals surface area (Å²) in [7, 11) is 0. The summed E-state index contributed by atoms with van der Waals surface area (Å²) in [5.41, 5.74) is 2.38. The second kappa shape index (κ2) is 8.33. The molecule has 6 nitrogen and oxygen atoms in total. The Morgan fingerprint density at radius 3 is 2.87 bits per heavy atom. The Hall–Kier alpha value is -3.10. The lowest BCUT2D eigenvalue weighted by Crippen LogP contribution is -2.19. The average Bonchev–Trinajstić information content (AvgIpc) is 3.45. The number of aromatic nitrogens is 3. The number of ether oxygens (including phenoxy) is 2. The molecule has 152 valence electrons. The number of fused-ring (bicyclic) bond motifs is 1. The molecule has 0 saturated heterocycles. The molecule has 3 heterocycles. The molecule has 0 fully saturated rings. The smallest absolute Gasteiger partial charge is 0.227 e. The topological polar surface area (TPSA) is 62.3 Å². The number of furan rings is 1. The highest BCUT2D eigenvalue weighted by Crippen LogP contribution is 2.38. The standard InChI is InChI=1S/C22H18FN3O3S/c23-18-9-16-12-28-21(15-5-2-1-3-6-15)29-20(16)17(10-18)13-30-22-25-24-14-26(22)11-19-7-4-8-27-19/h1-10,14,21H,11-13H2. The normalized spacial score (nSPS) is 15.6. The Kier molecular flexibility index (Phi) is 5.25. The maximum atomic E-state index is 14.2. The highest BCUT2D eigenvalue weighted by Gasteiger charge is 2.25. The fraction of sp³-hybridized carbons (Fsp3) is 0.182. The van der Waals surface area contributed by atoms with Crippen LogP contribution in [0.2, 0.25) is 0 Å². The number of hydrogen-bond acceptors (Lipinski definition) is 6. The van der Waals surface area contributed by atoms with Gasteiger partial charge in [0, 0.05) is 22.4 Å².